The van der Waals surface area contributed by atoms with Gasteiger partial charge in [0.25, 0.3) is 11.5 Å². The SMILES string of the molecule is NC(=O)c1c(O)n(-c2ccc(F)cc2)c(=O)[nH]c1=O. The Bertz CT molecular complexity index is 761. The van der Waals surface area contributed by atoms with Gasteiger partial charge >= 0.3 is 5.69 Å². The molecule has 0 radical (unpaired) electrons. The van der Waals surface area contributed by atoms with E-state index in [4.69, 9.17) is 5.73 Å². The highest BCUT2D eigenvalue weighted by Gasteiger charge is 2.19. The molecule has 2 aromatic rings. The molecule has 0 aliphatic carbocycles. The summed E-state index contributed by atoms with van der Waals surface area (Å²) in [6.07, 6.45) is 0. The van der Waals surface area contributed by atoms with Crippen molar-refractivity contribution in [3.8, 4) is 11.6 Å². The molecule has 0 unspecified atom stereocenters. The molecule has 0 saturated carbocycles. The van der Waals surface area contributed by atoms with E-state index in [0.29, 0.717) is 4.57 Å². The molecule has 0 fully saturated rings. The lowest BCUT2D eigenvalue weighted by molar-refractivity contribution is 0.0995. The van der Waals surface area contributed by atoms with E-state index in [1.807, 2.05) is 4.98 Å². The number of aromatic amines is 1. The highest BCUT2D eigenvalue weighted by Crippen LogP contribution is 2.16. The van der Waals surface area contributed by atoms with Crippen LogP contribution in [0.1, 0.15) is 10.4 Å². The van der Waals surface area contributed by atoms with Gasteiger partial charge in [-0.05, 0) is 24.3 Å². The molecule has 1 aromatic heterocycles. The number of hydrogen-bond donors (Lipinski definition) is 3. The van der Waals surface area contributed by atoms with Crippen molar-refractivity contribution in [2.45, 2.75) is 0 Å². The Kier molecular flexibility index (Phi) is 2.91. The first-order valence-electron chi connectivity index (χ1n) is 5.06. The van der Waals surface area contributed by atoms with Crippen molar-refractivity contribution < 1.29 is 14.3 Å². The second-order valence-electron chi connectivity index (χ2n) is 3.63. The Hall–Kier alpha value is -2.90. The van der Waals surface area contributed by atoms with Crippen LogP contribution in [0.15, 0.2) is 33.9 Å². The number of nitrogens with two attached hydrogens (primary N) is 1. The number of nitrogens with zero attached hydrogens (tertiary/aromatic N) is 1. The number of primary amides is 1. The molecule has 1 aromatic carbocycles. The van der Waals surface area contributed by atoms with Crippen LogP contribution in [0.25, 0.3) is 5.69 Å². The average Bonchev–Trinajstić information content (AvgIpc) is 2.30. The van der Waals surface area contributed by atoms with Crippen LogP contribution in [0, 0.1) is 5.82 Å². The minimum atomic E-state index is -1.19. The van der Waals surface area contributed by atoms with Gasteiger partial charge in [-0.2, -0.15) is 0 Å². The van der Waals surface area contributed by atoms with E-state index in [1.165, 1.54) is 12.1 Å². The van der Waals surface area contributed by atoms with Gasteiger partial charge in [0.05, 0.1) is 5.69 Å². The number of aromatic hydroxyl groups is 1. The number of carbonyl (C=O) groups is 1. The van der Waals surface area contributed by atoms with Crippen molar-refractivity contribution in [3.05, 3.63) is 56.5 Å². The third-order valence-electron chi connectivity index (χ3n) is 2.42. The van der Waals surface area contributed by atoms with E-state index in [-0.39, 0.29) is 5.69 Å². The van der Waals surface area contributed by atoms with Crippen LogP contribution in [-0.4, -0.2) is 20.6 Å². The number of rotatable bonds is 2. The van der Waals surface area contributed by atoms with Crippen LogP contribution in [0.4, 0.5) is 4.39 Å². The van der Waals surface area contributed by atoms with Crippen molar-refractivity contribution in [2.24, 2.45) is 5.73 Å². The summed E-state index contributed by atoms with van der Waals surface area (Å²) in [4.78, 5) is 35.9. The number of halogens is 1. The Morgan fingerprint density at radius 2 is 1.84 bits per heavy atom. The second-order valence-corrected chi connectivity index (χ2v) is 3.63. The zero-order valence-electron chi connectivity index (χ0n) is 9.38. The highest BCUT2D eigenvalue weighted by atomic mass is 19.1. The molecule has 7 nitrogen and oxygen atoms in total. The van der Waals surface area contributed by atoms with E-state index < -0.39 is 34.4 Å². The molecule has 0 bridgehead atoms. The van der Waals surface area contributed by atoms with E-state index in [0.717, 1.165) is 12.1 Å². The molecule has 8 heteroatoms. The van der Waals surface area contributed by atoms with Gasteiger partial charge in [0.2, 0.25) is 5.88 Å². The Morgan fingerprint density at radius 1 is 1.26 bits per heavy atom. The summed E-state index contributed by atoms with van der Waals surface area (Å²) < 4.78 is 13.4. The number of H-pyrrole nitrogens is 1. The van der Waals surface area contributed by atoms with Gasteiger partial charge in [0, 0.05) is 0 Å². The van der Waals surface area contributed by atoms with Crippen molar-refractivity contribution in [3.63, 3.8) is 0 Å². The number of amides is 1. The minimum Gasteiger partial charge on any atom is -0.493 e. The smallest absolute Gasteiger partial charge is 0.335 e. The lowest BCUT2D eigenvalue weighted by atomic mass is 10.2. The van der Waals surface area contributed by atoms with Gasteiger partial charge in [-0.25, -0.2) is 13.8 Å². The fourth-order valence-corrected chi connectivity index (χ4v) is 1.58. The topological polar surface area (TPSA) is 118 Å². The van der Waals surface area contributed by atoms with Gasteiger partial charge < -0.3 is 10.8 Å². The predicted molar refractivity (Wildman–Crippen MR) is 62.8 cm³/mol. The molecular weight excluding hydrogens is 257 g/mol. The first kappa shape index (κ1) is 12.6. The van der Waals surface area contributed by atoms with Crippen LogP contribution >= 0.6 is 0 Å². The molecule has 19 heavy (non-hydrogen) atoms. The Morgan fingerprint density at radius 3 is 2.37 bits per heavy atom. The predicted octanol–water partition coefficient (Wildman–Crippen LogP) is -0.531. The summed E-state index contributed by atoms with van der Waals surface area (Å²) in [5.41, 5.74) is 2.21. The number of hydrogen-bond acceptors (Lipinski definition) is 4. The molecule has 1 heterocycles. The Labute approximate surface area is 104 Å². The molecule has 1 amide bonds. The monoisotopic (exact) mass is 265 g/mol. The second kappa shape index (κ2) is 4.41. The van der Waals surface area contributed by atoms with Gasteiger partial charge in [-0.3, -0.25) is 14.6 Å². The highest BCUT2D eigenvalue weighted by molar-refractivity contribution is 5.94. The fourth-order valence-electron chi connectivity index (χ4n) is 1.58. The standard InChI is InChI=1S/C11H8FN3O4/c12-5-1-3-6(4-2-5)15-10(18)7(8(13)16)9(17)14-11(15)19/h1-4,18H,(H2,13,16)(H,14,17,19). The van der Waals surface area contributed by atoms with Crippen LogP contribution in [0.3, 0.4) is 0 Å². The lowest BCUT2D eigenvalue weighted by Crippen LogP contribution is -2.34. The molecule has 0 saturated heterocycles. The first-order valence-corrected chi connectivity index (χ1v) is 5.06. The quantitative estimate of drug-likeness (QED) is 0.676. The van der Waals surface area contributed by atoms with Gasteiger partial charge in [0.15, 0.2) is 5.56 Å². The van der Waals surface area contributed by atoms with Gasteiger partial charge in [-0.15, -0.1) is 0 Å². The van der Waals surface area contributed by atoms with Crippen molar-refractivity contribution in [1.82, 2.24) is 9.55 Å². The van der Waals surface area contributed by atoms with Gasteiger partial charge in [0.1, 0.15) is 5.82 Å². The normalized spacial score (nSPS) is 10.4. The summed E-state index contributed by atoms with van der Waals surface area (Å²) in [5, 5.41) is 9.79. The lowest BCUT2D eigenvalue weighted by Gasteiger charge is -2.09. The van der Waals surface area contributed by atoms with E-state index >= 15 is 0 Å². The molecule has 0 aliphatic rings. The molecule has 2 rings (SSSR count). The summed E-state index contributed by atoms with van der Waals surface area (Å²) >= 11 is 0. The largest absolute Gasteiger partial charge is 0.493 e. The maximum atomic E-state index is 12.8. The van der Waals surface area contributed by atoms with E-state index in [9.17, 15) is 23.9 Å². The number of benzene rings is 1. The minimum absolute atomic E-state index is 0.0719. The van der Waals surface area contributed by atoms with Crippen molar-refractivity contribution in [1.29, 1.82) is 0 Å². The van der Waals surface area contributed by atoms with E-state index in [2.05, 4.69) is 0 Å². The molecule has 98 valence electrons. The molecule has 0 spiro atoms. The maximum Gasteiger partial charge on any atom is 0.335 e. The number of aromatic nitrogens is 2. The van der Waals surface area contributed by atoms with E-state index in [1.54, 1.807) is 0 Å². The molecule has 4 N–H and O–H groups in total. The molecular formula is C11H8FN3O4. The molecule has 0 atom stereocenters. The van der Waals surface area contributed by atoms with Crippen LogP contribution < -0.4 is 17.0 Å². The maximum absolute atomic E-state index is 12.8. The molecule has 0 aliphatic heterocycles. The van der Waals surface area contributed by atoms with Crippen LogP contribution in [0.2, 0.25) is 0 Å². The Balaban J connectivity index is 2.81. The summed E-state index contributed by atoms with van der Waals surface area (Å²) in [6.45, 7) is 0. The van der Waals surface area contributed by atoms with Crippen molar-refractivity contribution in [2.75, 3.05) is 0 Å². The fraction of sp³-hybridized carbons (Fsp3) is 0. The van der Waals surface area contributed by atoms with Crippen LogP contribution in [-0.2, 0) is 0 Å². The summed E-state index contributed by atoms with van der Waals surface area (Å²) in [6, 6.07) is 4.49. The van der Waals surface area contributed by atoms with Crippen LogP contribution in [0.5, 0.6) is 5.88 Å². The first-order chi connectivity index (χ1) is 8.91. The zero-order valence-corrected chi connectivity index (χ0v) is 9.38. The summed E-state index contributed by atoms with van der Waals surface area (Å²) in [5.74, 6) is -2.63. The third-order valence-corrected chi connectivity index (χ3v) is 2.42. The summed E-state index contributed by atoms with van der Waals surface area (Å²) in [7, 11) is 0. The zero-order chi connectivity index (χ0) is 14.2. The third kappa shape index (κ3) is 2.10. The number of nitrogens with one attached hydrogen (secondary N) is 1. The number of carbonyl (C=O) groups excluding carboxylic acids is 1. The van der Waals surface area contributed by atoms with Crippen molar-refractivity contribution >= 4 is 5.91 Å². The average molecular weight is 265 g/mol. The van der Waals surface area contributed by atoms with Gasteiger partial charge in [-0.1, -0.05) is 0 Å².